The van der Waals surface area contributed by atoms with E-state index in [0.29, 0.717) is 17.3 Å². The van der Waals surface area contributed by atoms with E-state index in [0.717, 1.165) is 5.56 Å². The monoisotopic (exact) mass is 209 g/mol. The van der Waals surface area contributed by atoms with E-state index in [1.165, 1.54) is 0 Å². The first-order chi connectivity index (χ1) is 6.74. The summed E-state index contributed by atoms with van der Waals surface area (Å²) in [6.07, 6.45) is 0.571. The number of nitrogens with two attached hydrogens (primary N) is 1. The maximum Gasteiger partial charge on any atom is 0.260 e. The van der Waals surface area contributed by atoms with Crippen LogP contribution in [-0.2, 0) is 6.42 Å². The molecule has 0 atom stereocenters. The average molecular weight is 210 g/mol. The van der Waals surface area contributed by atoms with Gasteiger partial charge in [0.2, 0.25) is 5.89 Å². The summed E-state index contributed by atoms with van der Waals surface area (Å²) in [6, 6.07) is 7.44. The predicted octanol–water partition coefficient (Wildman–Crippen LogP) is 1.90. The lowest BCUT2D eigenvalue weighted by atomic mass is 10.1. The molecular formula is C9H8ClN3O. The third kappa shape index (κ3) is 2.03. The van der Waals surface area contributed by atoms with Gasteiger partial charge in [0.05, 0.1) is 6.42 Å². The standard InChI is InChI=1S/C9H8ClN3O/c10-7-3-1-6(2-4-7)5-8-12-9(11)13-14-8/h1-4H,5H2,(H2,11,13). The van der Waals surface area contributed by atoms with Gasteiger partial charge in [-0.3, -0.25) is 0 Å². The van der Waals surface area contributed by atoms with E-state index in [1.807, 2.05) is 24.3 Å². The summed E-state index contributed by atoms with van der Waals surface area (Å²) in [7, 11) is 0. The van der Waals surface area contributed by atoms with Crippen molar-refractivity contribution in [3.05, 3.63) is 40.7 Å². The molecule has 72 valence electrons. The fourth-order valence-electron chi connectivity index (χ4n) is 1.12. The third-order valence-corrected chi connectivity index (χ3v) is 2.00. The number of anilines is 1. The number of rotatable bonds is 2. The molecule has 0 bridgehead atoms. The van der Waals surface area contributed by atoms with Crippen LogP contribution in [0.4, 0.5) is 5.95 Å². The van der Waals surface area contributed by atoms with Crippen LogP contribution in [0.25, 0.3) is 0 Å². The van der Waals surface area contributed by atoms with Crippen molar-refractivity contribution in [1.29, 1.82) is 0 Å². The SMILES string of the molecule is Nc1noc(Cc2ccc(Cl)cc2)n1. The minimum Gasteiger partial charge on any atom is -0.365 e. The number of benzene rings is 1. The first-order valence-corrected chi connectivity index (χ1v) is 4.44. The van der Waals surface area contributed by atoms with Crippen LogP contribution in [-0.4, -0.2) is 10.1 Å². The Morgan fingerprint density at radius 2 is 2.00 bits per heavy atom. The van der Waals surface area contributed by atoms with Gasteiger partial charge in [-0.2, -0.15) is 4.98 Å². The Kier molecular flexibility index (Phi) is 2.37. The summed E-state index contributed by atoms with van der Waals surface area (Å²) in [5.74, 6) is 0.666. The summed E-state index contributed by atoms with van der Waals surface area (Å²) < 4.78 is 4.88. The lowest BCUT2D eigenvalue weighted by molar-refractivity contribution is 0.386. The third-order valence-electron chi connectivity index (χ3n) is 1.75. The molecule has 0 fully saturated rings. The predicted molar refractivity (Wildman–Crippen MR) is 53.0 cm³/mol. The molecular weight excluding hydrogens is 202 g/mol. The lowest BCUT2D eigenvalue weighted by Crippen LogP contribution is -1.89. The number of hydrogen-bond acceptors (Lipinski definition) is 4. The normalized spacial score (nSPS) is 10.4. The van der Waals surface area contributed by atoms with Crippen LogP contribution in [0.1, 0.15) is 11.5 Å². The second-order valence-electron chi connectivity index (χ2n) is 2.85. The first kappa shape index (κ1) is 9.02. The zero-order valence-electron chi connectivity index (χ0n) is 7.27. The van der Waals surface area contributed by atoms with Gasteiger partial charge in [0.1, 0.15) is 0 Å². The summed E-state index contributed by atoms with van der Waals surface area (Å²) in [4.78, 5) is 3.90. The van der Waals surface area contributed by atoms with E-state index in [-0.39, 0.29) is 5.95 Å². The molecule has 0 spiro atoms. The Morgan fingerprint density at radius 1 is 1.29 bits per heavy atom. The highest BCUT2D eigenvalue weighted by Gasteiger charge is 2.03. The molecule has 0 radical (unpaired) electrons. The molecule has 0 aliphatic heterocycles. The quantitative estimate of drug-likeness (QED) is 0.821. The molecule has 2 N–H and O–H groups in total. The van der Waals surface area contributed by atoms with Gasteiger partial charge in [-0.1, -0.05) is 23.7 Å². The Balaban J connectivity index is 2.15. The molecule has 0 saturated heterocycles. The first-order valence-electron chi connectivity index (χ1n) is 4.06. The number of nitrogens with zero attached hydrogens (tertiary/aromatic N) is 2. The highest BCUT2D eigenvalue weighted by atomic mass is 35.5. The van der Waals surface area contributed by atoms with Crippen LogP contribution in [0.5, 0.6) is 0 Å². The number of halogens is 1. The van der Waals surface area contributed by atoms with Crippen LogP contribution in [0.15, 0.2) is 28.8 Å². The maximum atomic E-state index is 5.75. The molecule has 2 aromatic rings. The van der Waals surface area contributed by atoms with E-state index in [4.69, 9.17) is 21.9 Å². The smallest absolute Gasteiger partial charge is 0.260 e. The zero-order chi connectivity index (χ0) is 9.97. The van der Waals surface area contributed by atoms with Gasteiger partial charge < -0.3 is 10.3 Å². The fraction of sp³-hybridized carbons (Fsp3) is 0.111. The fourth-order valence-corrected chi connectivity index (χ4v) is 1.24. The Morgan fingerprint density at radius 3 is 2.57 bits per heavy atom. The Labute approximate surface area is 85.7 Å². The molecule has 1 aromatic heterocycles. The second-order valence-corrected chi connectivity index (χ2v) is 3.29. The highest BCUT2D eigenvalue weighted by molar-refractivity contribution is 6.30. The molecule has 5 heteroatoms. The molecule has 2 rings (SSSR count). The van der Waals surface area contributed by atoms with Crippen LogP contribution in [0, 0.1) is 0 Å². The van der Waals surface area contributed by atoms with Gasteiger partial charge in [0.25, 0.3) is 5.95 Å². The van der Waals surface area contributed by atoms with Crippen molar-refractivity contribution in [3.8, 4) is 0 Å². The van der Waals surface area contributed by atoms with E-state index < -0.39 is 0 Å². The van der Waals surface area contributed by atoms with Crippen LogP contribution in [0.2, 0.25) is 5.02 Å². The molecule has 14 heavy (non-hydrogen) atoms. The second kappa shape index (κ2) is 3.67. The molecule has 1 heterocycles. The number of aromatic nitrogens is 2. The van der Waals surface area contributed by atoms with Crippen molar-refractivity contribution in [2.45, 2.75) is 6.42 Å². The summed E-state index contributed by atoms with van der Waals surface area (Å²) in [6.45, 7) is 0. The molecule has 1 aromatic carbocycles. The van der Waals surface area contributed by atoms with Crippen molar-refractivity contribution in [2.75, 3.05) is 5.73 Å². The lowest BCUT2D eigenvalue weighted by Gasteiger charge is -1.95. The largest absolute Gasteiger partial charge is 0.365 e. The minimum absolute atomic E-state index is 0.161. The van der Waals surface area contributed by atoms with Crippen LogP contribution in [0.3, 0.4) is 0 Å². The summed E-state index contributed by atoms with van der Waals surface area (Å²) in [5.41, 5.74) is 6.37. The van der Waals surface area contributed by atoms with Crippen LogP contribution < -0.4 is 5.73 Å². The zero-order valence-corrected chi connectivity index (χ0v) is 8.03. The number of hydrogen-bond donors (Lipinski definition) is 1. The Hall–Kier alpha value is -1.55. The van der Waals surface area contributed by atoms with E-state index in [1.54, 1.807) is 0 Å². The number of nitrogen functional groups attached to an aromatic ring is 1. The summed E-state index contributed by atoms with van der Waals surface area (Å²) >= 11 is 5.75. The minimum atomic E-state index is 0.161. The van der Waals surface area contributed by atoms with Crippen molar-refractivity contribution < 1.29 is 4.52 Å². The van der Waals surface area contributed by atoms with E-state index in [9.17, 15) is 0 Å². The van der Waals surface area contributed by atoms with E-state index >= 15 is 0 Å². The highest BCUT2D eigenvalue weighted by Crippen LogP contribution is 2.12. The Bertz CT molecular complexity index is 424. The van der Waals surface area contributed by atoms with Gasteiger partial charge in [-0.15, -0.1) is 0 Å². The molecule has 0 aliphatic carbocycles. The molecule has 0 aliphatic rings. The molecule has 0 unspecified atom stereocenters. The summed E-state index contributed by atoms with van der Waals surface area (Å²) in [5, 5.41) is 4.20. The molecule has 0 amide bonds. The van der Waals surface area contributed by atoms with Crippen molar-refractivity contribution in [1.82, 2.24) is 10.1 Å². The average Bonchev–Trinajstić information content (AvgIpc) is 2.56. The topological polar surface area (TPSA) is 64.9 Å². The molecule has 4 nitrogen and oxygen atoms in total. The van der Waals surface area contributed by atoms with E-state index in [2.05, 4.69) is 10.1 Å². The maximum absolute atomic E-state index is 5.75. The van der Waals surface area contributed by atoms with Gasteiger partial charge in [-0.25, -0.2) is 0 Å². The van der Waals surface area contributed by atoms with Gasteiger partial charge in [-0.05, 0) is 22.9 Å². The van der Waals surface area contributed by atoms with Crippen molar-refractivity contribution in [2.24, 2.45) is 0 Å². The van der Waals surface area contributed by atoms with Crippen molar-refractivity contribution in [3.63, 3.8) is 0 Å². The van der Waals surface area contributed by atoms with Crippen LogP contribution >= 0.6 is 11.6 Å². The van der Waals surface area contributed by atoms with Gasteiger partial charge >= 0.3 is 0 Å². The molecule has 0 saturated carbocycles. The van der Waals surface area contributed by atoms with Gasteiger partial charge in [0, 0.05) is 5.02 Å². The van der Waals surface area contributed by atoms with Gasteiger partial charge in [0.15, 0.2) is 0 Å². The van der Waals surface area contributed by atoms with Crippen molar-refractivity contribution >= 4 is 17.5 Å².